The van der Waals surface area contributed by atoms with Crippen LogP contribution in [0.2, 0.25) is 0 Å². The predicted molar refractivity (Wildman–Crippen MR) is 85.4 cm³/mol. The molecule has 0 fully saturated rings. The predicted octanol–water partition coefficient (Wildman–Crippen LogP) is 2.78. The lowest BCUT2D eigenvalue weighted by Crippen LogP contribution is -2.15. The Morgan fingerprint density at radius 1 is 1.12 bits per heavy atom. The van der Waals surface area contributed by atoms with Gasteiger partial charge in [0.2, 0.25) is 0 Å². The number of nitrogens with one attached hydrogen (secondary N) is 1. The van der Waals surface area contributed by atoms with E-state index >= 15 is 0 Å². The highest BCUT2D eigenvalue weighted by Crippen LogP contribution is 2.30. The third-order valence-electron chi connectivity index (χ3n) is 3.03. The van der Waals surface area contributed by atoms with Gasteiger partial charge < -0.3 is 14.8 Å². The summed E-state index contributed by atoms with van der Waals surface area (Å²) < 4.78 is 10.1. The van der Waals surface area contributed by atoms with E-state index in [-0.39, 0.29) is 28.4 Å². The first kappa shape index (κ1) is 16.9. The van der Waals surface area contributed by atoms with E-state index in [1.807, 2.05) is 0 Å². The number of anilines is 1. The number of nitro benzene ring substituents is 1. The first-order valence-corrected chi connectivity index (χ1v) is 6.83. The number of nitro groups is 1. The fourth-order valence-electron chi connectivity index (χ4n) is 1.98. The molecule has 0 unspecified atom stereocenters. The molecule has 0 bridgehead atoms. The summed E-state index contributed by atoms with van der Waals surface area (Å²) in [5.74, 6) is -0.840. The molecule has 0 spiro atoms. The van der Waals surface area contributed by atoms with Crippen LogP contribution in [-0.4, -0.2) is 23.9 Å². The molecule has 0 aromatic heterocycles. The zero-order chi connectivity index (χ0) is 17.7. The van der Waals surface area contributed by atoms with E-state index in [2.05, 4.69) is 5.32 Å². The lowest BCUT2D eigenvalue weighted by molar-refractivity contribution is -0.384. The third kappa shape index (κ3) is 3.86. The van der Waals surface area contributed by atoms with E-state index in [0.29, 0.717) is 0 Å². The van der Waals surface area contributed by atoms with E-state index in [0.717, 1.165) is 0 Å². The fourth-order valence-corrected chi connectivity index (χ4v) is 1.98. The molecule has 0 aliphatic heterocycles. The van der Waals surface area contributed by atoms with Gasteiger partial charge in [-0.05, 0) is 18.2 Å². The quantitative estimate of drug-likeness (QED) is 0.391. The lowest BCUT2D eigenvalue weighted by Gasteiger charge is -2.12. The first-order valence-electron chi connectivity index (χ1n) is 6.83. The van der Waals surface area contributed by atoms with Gasteiger partial charge in [0.1, 0.15) is 11.5 Å². The molecule has 0 aliphatic carbocycles. The number of carbonyl (C=O) groups is 2. The maximum Gasteiger partial charge on any atom is 0.308 e. The Morgan fingerprint density at radius 2 is 1.83 bits per heavy atom. The SMILES string of the molecule is COc1cc([N+](=O)[O-])ccc1NC(=O)c1ccccc1OC(C)=O. The van der Waals surface area contributed by atoms with Crippen molar-refractivity contribution in [1.82, 2.24) is 0 Å². The molecule has 2 aromatic carbocycles. The second-order valence-electron chi connectivity index (χ2n) is 4.69. The van der Waals surface area contributed by atoms with Gasteiger partial charge in [-0.3, -0.25) is 19.7 Å². The van der Waals surface area contributed by atoms with Crippen LogP contribution in [0, 0.1) is 10.1 Å². The van der Waals surface area contributed by atoms with Crippen molar-refractivity contribution in [2.24, 2.45) is 0 Å². The van der Waals surface area contributed by atoms with Gasteiger partial charge in [0.05, 0.1) is 29.4 Å². The average molecular weight is 330 g/mol. The van der Waals surface area contributed by atoms with Gasteiger partial charge in [-0.1, -0.05) is 12.1 Å². The van der Waals surface area contributed by atoms with Gasteiger partial charge in [0.25, 0.3) is 11.6 Å². The van der Waals surface area contributed by atoms with Crippen LogP contribution < -0.4 is 14.8 Å². The molecule has 2 aromatic rings. The zero-order valence-electron chi connectivity index (χ0n) is 12.9. The summed E-state index contributed by atoms with van der Waals surface area (Å²) in [6.45, 7) is 1.23. The second-order valence-corrected chi connectivity index (χ2v) is 4.69. The van der Waals surface area contributed by atoms with Crippen LogP contribution in [0.4, 0.5) is 11.4 Å². The van der Waals surface area contributed by atoms with Gasteiger partial charge in [-0.25, -0.2) is 0 Å². The van der Waals surface area contributed by atoms with Gasteiger partial charge in [0.15, 0.2) is 0 Å². The maximum atomic E-state index is 12.4. The van der Waals surface area contributed by atoms with Crippen LogP contribution in [0.3, 0.4) is 0 Å². The van der Waals surface area contributed by atoms with Crippen molar-refractivity contribution < 1.29 is 24.0 Å². The Morgan fingerprint density at radius 3 is 2.46 bits per heavy atom. The normalized spacial score (nSPS) is 9.92. The molecule has 2 rings (SSSR count). The van der Waals surface area contributed by atoms with E-state index in [1.54, 1.807) is 12.1 Å². The standard InChI is InChI=1S/C16H14N2O6/c1-10(19)24-14-6-4-3-5-12(14)16(20)17-13-8-7-11(18(21)22)9-15(13)23-2/h3-9H,1-2H3,(H,17,20). The van der Waals surface area contributed by atoms with Crippen molar-refractivity contribution in [2.45, 2.75) is 6.92 Å². The summed E-state index contributed by atoms with van der Waals surface area (Å²) in [6.07, 6.45) is 0. The maximum absolute atomic E-state index is 12.4. The van der Waals surface area contributed by atoms with Gasteiger partial charge >= 0.3 is 5.97 Å². The summed E-state index contributed by atoms with van der Waals surface area (Å²) in [4.78, 5) is 33.7. The minimum Gasteiger partial charge on any atom is -0.494 e. The number of hydrogen-bond donors (Lipinski definition) is 1. The van der Waals surface area contributed by atoms with Gasteiger partial charge in [-0.15, -0.1) is 0 Å². The molecule has 8 heteroatoms. The third-order valence-corrected chi connectivity index (χ3v) is 3.03. The number of amides is 1. The molecule has 0 saturated carbocycles. The van der Waals surface area contributed by atoms with Crippen molar-refractivity contribution in [1.29, 1.82) is 0 Å². The summed E-state index contributed by atoms with van der Waals surface area (Å²) in [5.41, 5.74) is 0.240. The molecule has 0 aliphatic rings. The van der Waals surface area contributed by atoms with Crippen molar-refractivity contribution in [3.8, 4) is 11.5 Å². The summed E-state index contributed by atoms with van der Waals surface area (Å²) in [7, 11) is 1.33. The molecule has 0 radical (unpaired) electrons. The minimum atomic E-state index is -0.565. The molecule has 8 nitrogen and oxygen atoms in total. The topological polar surface area (TPSA) is 108 Å². The van der Waals surface area contributed by atoms with Crippen LogP contribution in [-0.2, 0) is 4.79 Å². The fraction of sp³-hybridized carbons (Fsp3) is 0.125. The number of para-hydroxylation sites is 1. The number of esters is 1. The molecule has 1 amide bonds. The summed E-state index contributed by atoms with van der Waals surface area (Å²) in [5, 5.41) is 13.4. The Hall–Kier alpha value is -3.42. The largest absolute Gasteiger partial charge is 0.494 e. The number of non-ortho nitro benzene ring substituents is 1. The number of benzene rings is 2. The Balaban J connectivity index is 2.30. The first-order chi connectivity index (χ1) is 11.4. The number of hydrogen-bond acceptors (Lipinski definition) is 6. The molecule has 24 heavy (non-hydrogen) atoms. The molecule has 1 N–H and O–H groups in total. The molecular weight excluding hydrogens is 316 g/mol. The lowest BCUT2D eigenvalue weighted by atomic mass is 10.1. The molecule has 0 atom stereocenters. The van der Waals surface area contributed by atoms with Crippen molar-refractivity contribution in [2.75, 3.05) is 12.4 Å². The number of rotatable bonds is 5. The van der Waals surface area contributed by atoms with Crippen molar-refractivity contribution in [3.05, 3.63) is 58.1 Å². The monoisotopic (exact) mass is 330 g/mol. The van der Waals surface area contributed by atoms with E-state index in [4.69, 9.17) is 9.47 Å². The Labute approximate surface area is 137 Å². The zero-order valence-corrected chi connectivity index (χ0v) is 12.9. The van der Waals surface area contributed by atoms with Crippen LogP contribution in [0.25, 0.3) is 0 Å². The molecule has 0 heterocycles. The molecule has 124 valence electrons. The smallest absolute Gasteiger partial charge is 0.308 e. The van der Waals surface area contributed by atoms with Crippen LogP contribution >= 0.6 is 0 Å². The van der Waals surface area contributed by atoms with E-state index in [1.165, 1.54) is 44.4 Å². The highest BCUT2D eigenvalue weighted by Gasteiger charge is 2.17. The Bertz CT molecular complexity index is 803. The van der Waals surface area contributed by atoms with Crippen LogP contribution in [0.5, 0.6) is 11.5 Å². The van der Waals surface area contributed by atoms with Crippen molar-refractivity contribution in [3.63, 3.8) is 0 Å². The number of ether oxygens (including phenoxy) is 2. The van der Waals surface area contributed by atoms with Crippen LogP contribution in [0.1, 0.15) is 17.3 Å². The number of methoxy groups -OCH3 is 1. The number of nitrogens with zero attached hydrogens (tertiary/aromatic N) is 1. The van der Waals surface area contributed by atoms with E-state index < -0.39 is 16.8 Å². The van der Waals surface area contributed by atoms with Gasteiger partial charge in [0, 0.05) is 13.0 Å². The molecular formula is C16H14N2O6. The summed E-state index contributed by atoms with van der Waals surface area (Å²) in [6, 6.07) is 10.0. The van der Waals surface area contributed by atoms with Crippen LogP contribution in [0.15, 0.2) is 42.5 Å². The highest BCUT2D eigenvalue weighted by molar-refractivity contribution is 6.07. The Kier molecular flexibility index (Phi) is 5.10. The number of carbonyl (C=O) groups excluding carboxylic acids is 2. The molecule has 0 saturated heterocycles. The van der Waals surface area contributed by atoms with Gasteiger partial charge in [-0.2, -0.15) is 0 Å². The highest BCUT2D eigenvalue weighted by atomic mass is 16.6. The average Bonchev–Trinajstić information content (AvgIpc) is 2.54. The summed E-state index contributed by atoms with van der Waals surface area (Å²) >= 11 is 0. The second kappa shape index (κ2) is 7.23. The minimum absolute atomic E-state index is 0.114. The van der Waals surface area contributed by atoms with Crippen molar-refractivity contribution >= 4 is 23.3 Å². The van der Waals surface area contributed by atoms with E-state index in [9.17, 15) is 19.7 Å².